The summed E-state index contributed by atoms with van der Waals surface area (Å²) in [6.07, 6.45) is 0. The van der Waals surface area contributed by atoms with E-state index >= 15 is 0 Å². The molecule has 0 saturated carbocycles. The summed E-state index contributed by atoms with van der Waals surface area (Å²) in [6, 6.07) is 6.15. The van der Waals surface area contributed by atoms with Gasteiger partial charge in [-0.2, -0.15) is 25.2 Å². The second-order valence-electron chi connectivity index (χ2n) is 2.51. The molecule has 0 amide bonds. The minimum absolute atomic E-state index is 0.152. The van der Waals surface area contributed by atoms with E-state index in [2.05, 4.69) is 3.63 Å². The molecule has 0 spiro atoms. The number of rotatable bonds is 3. The van der Waals surface area contributed by atoms with Crippen molar-refractivity contribution in [2.75, 3.05) is 0 Å². The fourth-order valence-corrected chi connectivity index (χ4v) is 2.20. The molecule has 0 aliphatic carbocycles. The maximum absolute atomic E-state index is 11.9. The van der Waals surface area contributed by atoms with Crippen molar-refractivity contribution >= 4 is 44.8 Å². The lowest BCUT2D eigenvalue weighted by Crippen LogP contribution is -2.23. The quantitative estimate of drug-likeness (QED) is 0.456. The normalized spacial score (nSPS) is 12.8. The highest BCUT2D eigenvalue weighted by atomic mass is 127. The van der Waals surface area contributed by atoms with Gasteiger partial charge >= 0.3 is 15.6 Å². The third kappa shape index (κ3) is 3.79. The summed E-state index contributed by atoms with van der Waals surface area (Å²) in [6.45, 7) is 0. The van der Waals surface area contributed by atoms with Gasteiger partial charge < -0.3 is 0 Å². The highest BCUT2D eigenvalue weighted by Crippen LogP contribution is 2.31. The van der Waals surface area contributed by atoms with Gasteiger partial charge in [0.05, 0.1) is 0 Å². The van der Waals surface area contributed by atoms with Crippen molar-refractivity contribution < 1.29 is 25.2 Å². The summed E-state index contributed by atoms with van der Waals surface area (Å²) in [7, 11) is -5.54. The highest BCUT2D eigenvalue weighted by Gasteiger charge is 2.47. The average molecular weight is 384 g/mol. The van der Waals surface area contributed by atoms with Crippen LogP contribution in [0, 0.1) is 3.57 Å². The number of halogens is 4. The summed E-state index contributed by atoms with van der Waals surface area (Å²) >= 11 is 2.16. The van der Waals surface area contributed by atoms with E-state index in [4.69, 9.17) is 0 Å². The molecular weight excluding hydrogens is 380 g/mol. The van der Waals surface area contributed by atoms with Gasteiger partial charge in [0.15, 0.2) is 0 Å². The Hall–Kier alpha value is -0.000000000000000167. The van der Waals surface area contributed by atoms with Crippen LogP contribution in [0.25, 0.3) is 0 Å². The maximum atomic E-state index is 11.9. The SMILES string of the molecule is O=S(=O)(OSc1ccc(I)cc1)C(F)(F)F. The Kier molecular flexibility index (Phi) is 4.49. The molecule has 90 valence electrons. The van der Waals surface area contributed by atoms with Crippen molar-refractivity contribution in [1.82, 2.24) is 0 Å². The molecule has 1 rings (SSSR count). The molecule has 0 saturated heterocycles. The molecule has 0 fully saturated rings. The van der Waals surface area contributed by atoms with E-state index in [0.29, 0.717) is 0 Å². The van der Waals surface area contributed by atoms with Crippen molar-refractivity contribution in [3.63, 3.8) is 0 Å². The van der Waals surface area contributed by atoms with E-state index in [0.717, 1.165) is 3.57 Å². The molecule has 0 N–H and O–H groups in total. The Morgan fingerprint density at radius 2 is 1.69 bits per heavy atom. The number of hydrogen-bond donors (Lipinski definition) is 0. The molecule has 9 heteroatoms. The predicted molar refractivity (Wildman–Crippen MR) is 61.1 cm³/mol. The molecule has 3 nitrogen and oxygen atoms in total. The fraction of sp³-hybridized carbons (Fsp3) is 0.143. The van der Waals surface area contributed by atoms with Crippen molar-refractivity contribution in [3.05, 3.63) is 27.8 Å². The topological polar surface area (TPSA) is 43.4 Å². The second kappa shape index (κ2) is 5.10. The van der Waals surface area contributed by atoms with Gasteiger partial charge in [0, 0.05) is 20.5 Å². The molecule has 0 aliphatic rings. The van der Waals surface area contributed by atoms with Crippen LogP contribution in [0.4, 0.5) is 13.2 Å². The zero-order chi connectivity index (χ0) is 12.4. The zero-order valence-electron chi connectivity index (χ0n) is 7.36. The Bertz CT molecular complexity index is 455. The van der Waals surface area contributed by atoms with Crippen LogP contribution in [-0.4, -0.2) is 13.9 Å². The Morgan fingerprint density at radius 3 is 2.12 bits per heavy atom. The highest BCUT2D eigenvalue weighted by molar-refractivity contribution is 14.1. The minimum Gasteiger partial charge on any atom is -0.189 e. The largest absolute Gasteiger partial charge is 0.524 e. The molecule has 0 atom stereocenters. The number of alkyl halides is 3. The van der Waals surface area contributed by atoms with Gasteiger partial charge in [0.25, 0.3) is 0 Å². The molecule has 0 unspecified atom stereocenters. The van der Waals surface area contributed by atoms with Crippen molar-refractivity contribution in [2.45, 2.75) is 10.4 Å². The van der Waals surface area contributed by atoms with E-state index in [-0.39, 0.29) is 16.9 Å². The maximum Gasteiger partial charge on any atom is 0.524 e. The van der Waals surface area contributed by atoms with Gasteiger partial charge in [-0.05, 0) is 46.9 Å². The van der Waals surface area contributed by atoms with Gasteiger partial charge in [-0.25, -0.2) is 0 Å². The van der Waals surface area contributed by atoms with Crippen LogP contribution in [-0.2, 0) is 13.7 Å². The Labute approximate surface area is 108 Å². The van der Waals surface area contributed by atoms with Crippen LogP contribution in [0.15, 0.2) is 29.2 Å². The van der Waals surface area contributed by atoms with Crippen LogP contribution in [0.2, 0.25) is 0 Å². The summed E-state index contributed by atoms with van der Waals surface area (Å²) in [5.74, 6) is 0. The van der Waals surface area contributed by atoms with E-state index < -0.39 is 15.6 Å². The fourth-order valence-electron chi connectivity index (χ4n) is 0.613. The monoisotopic (exact) mass is 384 g/mol. The first-order chi connectivity index (χ1) is 7.22. The molecular formula is C7H4F3IO3S2. The predicted octanol–water partition coefficient (Wildman–Crippen LogP) is 3.16. The van der Waals surface area contributed by atoms with E-state index in [1.54, 1.807) is 12.1 Å². The molecule has 0 radical (unpaired) electrons. The Balaban J connectivity index is 2.69. The molecule has 16 heavy (non-hydrogen) atoms. The molecule has 1 aromatic rings. The van der Waals surface area contributed by atoms with E-state index in [9.17, 15) is 21.6 Å². The van der Waals surface area contributed by atoms with Gasteiger partial charge in [-0.3, -0.25) is 0 Å². The average Bonchev–Trinajstić information content (AvgIpc) is 2.15. The minimum atomic E-state index is -5.54. The lowest BCUT2D eigenvalue weighted by Gasteiger charge is -2.06. The van der Waals surface area contributed by atoms with E-state index in [1.807, 2.05) is 22.6 Å². The van der Waals surface area contributed by atoms with Crippen molar-refractivity contribution in [3.8, 4) is 0 Å². The molecule has 0 aromatic heterocycles. The molecule has 1 aromatic carbocycles. The molecule has 0 bridgehead atoms. The Morgan fingerprint density at radius 1 is 1.19 bits per heavy atom. The first-order valence-electron chi connectivity index (χ1n) is 3.65. The first kappa shape index (κ1) is 14.1. The van der Waals surface area contributed by atoms with Gasteiger partial charge in [-0.1, -0.05) is 0 Å². The lowest BCUT2D eigenvalue weighted by atomic mass is 10.4. The number of benzene rings is 1. The first-order valence-corrected chi connectivity index (χ1v) is 6.88. The third-order valence-corrected chi connectivity index (χ3v) is 4.06. The van der Waals surface area contributed by atoms with Crippen LogP contribution in [0.1, 0.15) is 0 Å². The van der Waals surface area contributed by atoms with Crippen LogP contribution in [0.5, 0.6) is 0 Å². The van der Waals surface area contributed by atoms with Gasteiger partial charge in [-0.15, -0.1) is 0 Å². The van der Waals surface area contributed by atoms with Crippen LogP contribution in [0.3, 0.4) is 0 Å². The summed E-state index contributed by atoms with van der Waals surface area (Å²) in [4.78, 5) is 0.272. The summed E-state index contributed by atoms with van der Waals surface area (Å²) in [5, 5.41) is 0. The second-order valence-corrected chi connectivity index (χ2v) is 6.30. The van der Waals surface area contributed by atoms with Gasteiger partial charge in [0.1, 0.15) is 0 Å². The van der Waals surface area contributed by atoms with Crippen molar-refractivity contribution in [2.24, 2.45) is 0 Å². The van der Waals surface area contributed by atoms with E-state index in [1.165, 1.54) is 12.1 Å². The van der Waals surface area contributed by atoms with Crippen LogP contribution >= 0.6 is 34.6 Å². The smallest absolute Gasteiger partial charge is 0.189 e. The molecule has 0 aliphatic heterocycles. The lowest BCUT2D eigenvalue weighted by molar-refractivity contribution is -0.0494. The van der Waals surface area contributed by atoms with Crippen LogP contribution < -0.4 is 0 Å². The standard InChI is InChI=1S/C7H4F3IO3S2/c8-7(9,10)16(12,13)14-15-6-3-1-5(11)2-4-6/h1-4H. The number of hydrogen-bond acceptors (Lipinski definition) is 4. The third-order valence-electron chi connectivity index (χ3n) is 1.32. The molecule has 0 heterocycles. The summed E-state index contributed by atoms with van der Waals surface area (Å²) in [5.41, 5.74) is -5.40. The zero-order valence-corrected chi connectivity index (χ0v) is 11.2. The van der Waals surface area contributed by atoms with Crippen molar-refractivity contribution in [1.29, 1.82) is 0 Å². The van der Waals surface area contributed by atoms with Gasteiger partial charge in [0.2, 0.25) is 0 Å². The summed E-state index contributed by atoms with van der Waals surface area (Å²) < 4.78 is 61.3.